The van der Waals surface area contributed by atoms with Crippen LogP contribution in [0.3, 0.4) is 0 Å². The molecule has 19 heavy (non-hydrogen) atoms. The highest BCUT2D eigenvalue weighted by atomic mass is 16.5. The predicted octanol–water partition coefficient (Wildman–Crippen LogP) is 1.54. The molecule has 2 amide bonds. The van der Waals surface area contributed by atoms with Crippen LogP contribution in [0.2, 0.25) is 0 Å². The van der Waals surface area contributed by atoms with Crippen molar-refractivity contribution in [1.29, 1.82) is 0 Å². The monoisotopic (exact) mass is 262 g/mol. The second-order valence-corrected chi connectivity index (χ2v) is 4.75. The van der Waals surface area contributed by atoms with Gasteiger partial charge in [-0.05, 0) is 43.0 Å². The van der Waals surface area contributed by atoms with E-state index in [0.717, 1.165) is 26.1 Å². The van der Waals surface area contributed by atoms with Crippen LogP contribution in [-0.4, -0.2) is 25.0 Å². The molecule has 1 aliphatic rings. The molecule has 1 heterocycles. The summed E-state index contributed by atoms with van der Waals surface area (Å²) in [6.45, 7) is 1.48. The fourth-order valence-corrected chi connectivity index (χ4v) is 2.14. The molecule has 0 saturated carbocycles. The van der Waals surface area contributed by atoms with E-state index in [2.05, 4.69) is 5.32 Å². The number of carbonyl (C=O) groups is 2. The van der Waals surface area contributed by atoms with Crippen LogP contribution >= 0.6 is 0 Å². The lowest BCUT2D eigenvalue weighted by Crippen LogP contribution is -2.22. The summed E-state index contributed by atoms with van der Waals surface area (Å²) < 4.78 is 5.26. The average Bonchev–Trinajstić information content (AvgIpc) is 2.40. The number of carbonyl (C=O) groups excluding carboxylic acids is 2. The van der Waals surface area contributed by atoms with Gasteiger partial charge in [-0.15, -0.1) is 0 Å². The number of anilines is 1. The van der Waals surface area contributed by atoms with Crippen molar-refractivity contribution >= 4 is 17.5 Å². The molecule has 0 atom stereocenters. The van der Waals surface area contributed by atoms with Crippen molar-refractivity contribution in [3.63, 3.8) is 0 Å². The van der Waals surface area contributed by atoms with Crippen LogP contribution in [0.5, 0.6) is 0 Å². The zero-order chi connectivity index (χ0) is 13.7. The first-order valence-electron chi connectivity index (χ1n) is 6.42. The summed E-state index contributed by atoms with van der Waals surface area (Å²) in [5, 5.41) is 2.82. The van der Waals surface area contributed by atoms with Crippen molar-refractivity contribution in [1.82, 2.24) is 0 Å². The van der Waals surface area contributed by atoms with Gasteiger partial charge in [-0.2, -0.15) is 0 Å². The molecule has 0 radical (unpaired) electrons. The molecule has 0 spiro atoms. The van der Waals surface area contributed by atoms with E-state index in [9.17, 15) is 9.59 Å². The summed E-state index contributed by atoms with van der Waals surface area (Å²) >= 11 is 0. The van der Waals surface area contributed by atoms with Crippen molar-refractivity contribution in [3.8, 4) is 0 Å². The molecule has 102 valence electrons. The Morgan fingerprint density at radius 2 is 1.84 bits per heavy atom. The lowest BCUT2D eigenvalue weighted by atomic mass is 9.96. The van der Waals surface area contributed by atoms with Crippen molar-refractivity contribution in [2.45, 2.75) is 19.3 Å². The molecule has 1 aliphatic heterocycles. The van der Waals surface area contributed by atoms with E-state index in [1.165, 1.54) is 0 Å². The summed E-state index contributed by atoms with van der Waals surface area (Å²) in [7, 11) is 0. The standard InChI is InChI=1S/C14H18N2O3/c15-14(18)11-1-3-12(4-2-11)16-13(17)9-10-5-7-19-8-6-10/h1-4,10H,5-9H2,(H2,15,18)(H,16,17). The van der Waals surface area contributed by atoms with Gasteiger partial charge in [0, 0.05) is 30.9 Å². The molecule has 5 nitrogen and oxygen atoms in total. The number of amides is 2. The maximum atomic E-state index is 11.9. The molecule has 2 rings (SSSR count). The fraction of sp³-hybridized carbons (Fsp3) is 0.429. The number of nitrogens with two attached hydrogens (primary N) is 1. The maximum absolute atomic E-state index is 11.9. The number of primary amides is 1. The van der Waals surface area contributed by atoms with Gasteiger partial charge in [-0.3, -0.25) is 9.59 Å². The lowest BCUT2D eigenvalue weighted by Gasteiger charge is -2.21. The van der Waals surface area contributed by atoms with Gasteiger partial charge < -0.3 is 15.8 Å². The zero-order valence-corrected chi connectivity index (χ0v) is 10.7. The molecule has 0 bridgehead atoms. The Balaban J connectivity index is 1.85. The molecular formula is C14H18N2O3. The molecule has 0 unspecified atom stereocenters. The normalized spacial score (nSPS) is 16.0. The Morgan fingerprint density at radius 3 is 2.42 bits per heavy atom. The predicted molar refractivity (Wildman–Crippen MR) is 71.7 cm³/mol. The van der Waals surface area contributed by atoms with Gasteiger partial charge in [0.2, 0.25) is 11.8 Å². The molecule has 3 N–H and O–H groups in total. The number of ether oxygens (including phenoxy) is 1. The van der Waals surface area contributed by atoms with E-state index < -0.39 is 5.91 Å². The molecule has 1 aromatic rings. The van der Waals surface area contributed by atoms with Gasteiger partial charge in [0.25, 0.3) is 0 Å². The summed E-state index contributed by atoms with van der Waals surface area (Å²) in [6.07, 6.45) is 2.39. The molecule has 5 heteroatoms. The largest absolute Gasteiger partial charge is 0.381 e. The number of hydrogen-bond donors (Lipinski definition) is 2. The maximum Gasteiger partial charge on any atom is 0.248 e. The van der Waals surface area contributed by atoms with Gasteiger partial charge in [0.1, 0.15) is 0 Å². The number of benzene rings is 1. The number of nitrogens with one attached hydrogen (secondary N) is 1. The molecule has 0 aromatic heterocycles. The second-order valence-electron chi connectivity index (χ2n) is 4.75. The number of hydrogen-bond acceptors (Lipinski definition) is 3. The summed E-state index contributed by atoms with van der Waals surface area (Å²) in [6, 6.07) is 6.57. The van der Waals surface area contributed by atoms with Gasteiger partial charge in [-0.1, -0.05) is 0 Å². The van der Waals surface area contributed by atoms with Crippen LogP contribution in [0.25, 0.3) is 0 Å². The first-order chi connectivity index (χ1) is 9.15. The Kier molecular flexibility index (Phi) is 4.52. The minimum absolute atomic E-state index is 0.00118. The highest BCUT2D eigenvalue weighted by molar-refractivity contribution is 5.94. The second kappa shape index (κ2) is 6.33. The fourth-order valence-electron chi connectivity index (χ4n) is 2.14. The van der Waals surface area contributed by atoms with Gasteiger partial charge >= 0.3 is 0 Å². The van der Waals surface area contributed by atoms with E-state index in [1.807, 2.05) is 0 Å². The van der Waals surface area contributed by atoms with Gasteiger partial charge in [-0.25, -0.2) is 0 Å². The first-order valence-corrected chi connectivity index (χ1v) is 6.42. The summed E-state index contributed by atoms with van der Waals surface area (Å²) in [4.78, 5) is 22.8. The first kappa shape index (κ1) is 13.5. The average molecular weight is 262 g/mol. The van der Waals surface area contributed by atoms with Crippen LogP contribution in [0.4, 0.5) is 5.69 Å². The topological polar surface area (TPSA) is 81.4 Å². The Hall–Kier alpha value is -1.88. The molecule has 1 saturated heterocycles. The summed E-state index contributed by atoms with van der Waals surface area (Å²) in [5.41, 5.74) is 6.27. The van der Waals surface area contributed by atoms with Crippen LogP contribution < -0.4 is 11.1 Å². The van der Waals surface area contributed by atoms with Crippen molar-refractivity contribution in [2.24, 2.45) is 11.7 Å². The third kappa shape index (κ3) is 4.06. The van der Waals surface area contributed by atoms with Crippen LogP contribution in [-0.2, 0) is 9.53 Å². The molecule has 0 aliphatic carbocycles. The van der Waals surface area contributed by atoms with Crippen LogP contribution in [0, 0.1) is 5.92 Å². The Bertz CT molecular complexity index is 450. The third-order valence-electron chi connectivity index (χ3n) is 3.27. The van der Waals surface area contributed by atoms with Crippen LogP contribution in [0.15, 0.2) is 24.3 Å². The minimum atomic E-state index is -0.472. The van der Waals surface area contributed by atoms with Crippen LogP contribution in [0.1, 0.15) is 29.6 Å². The van der Waals surface area contributed by atoms with Crippen molar-refractivity contribution in [3.05, 3.63) is 29.8 Å². The zero-order valence-electron chi connectivity index (χ0n) is 10.7. The van der Waals surface area contributed by atoms with E-state index in [4.69, 9.17) is 10.5 Å². The van der Waals surface area contributed by atoms with Gasteiger partial charge in [0.15, 0.2) is 0 Å². The van der Waals surface area contributed by atoms with Crippen molar-refractivity contribution in [2.75, 3.05) is 18.5 Å². The summed E-state index contributed by atoms with van der Waals surface area (Å²) in [5.74, 6) is -0.0718. The van der Waals surface area contributed by atoms with Crippen molar-refractivity contribution < 1.29 is 14.3 Å². The highest BCUT2D eigenvalue weighted by Gasteiger charge is 2.17. The lowest BCUT2D eigenvalue weighted by molar-refractivity contribution is -0.117. The Labute approximate surface area is 112 Å². The third-order valence-corrected chi connectivity index (χ3v) is 3.27. The number of rotatable bonds is 4. The van der Waals surface area contributed by atoms with E-state index in [1.54, 1.807) is 24.3 Å². The molecular weight excluding hydrogens is 244 g/mol. The minimum Gasteiger partial charge on any atom is -0.381 e. The Morgan fingerprint density at radius 1 is 1.21 bits per heavy atom. The van der Waals surface area contributed by atoms with Gasteiger partial charge in [0.05, 0.1) is 0 Å². The van der Waals surface area contributed by atoms with E-state index >= 15 is 0 Å². The highest BCUT2D eigenvalue weighted by Crippen LogP contribution is 2.19. The van der Waals surface area contributed by atoms with E-state index in [0.29, 0.717) is 23.6 Å². The SMILES string of the molecule is NC(=O)c1ccc(NC(=O)CC2CCOCC2)cc1. The quantitative estimate of drug-likeness (QED) is 0.863. The van der Waals surface area contributed by atoms with E-state index in [-0.39, 0.29) is 5.91 Å². The smallest absolute Gasteiger partial charge is 0.248 e. The molecule has 1 aromatic carbocycles. The molecule has 1 fully saturated rings.